The molecule has 0 aliphatic carbocycles. The average Bonchev–Trinajstić information content (AvgIpc) is 2.11. The van der Waals surface area contributed by atoms with Crippen LogP contribution < -0.4 is 16.2 Å². The molecule has 0 bridgehead atoms. The molecule has 0 heterocycles. The molecule has 3 N–H and O–H groups in total. The van der Waals surface area contributed by atoms with Crippen LogP contribution in [0.2, 0.25) is 0 Å². The van der Waals surface area contributed by atoms with Gasteiger partial charge < -0.3 is 5.32 Å². The minimum Gasteiger partial charge on any atom is -0.302 e. The summed E-state index contributed by atoms with van der Waals surface area (Å²) in [7, 11) is 0. The van der Waals surface area contributed by atoms with Crippen molar-refractivity contribution in [2.24, 2.45) is 0 Å². The summed E-state index contributed by atoms with van der Waals surface area (Å²) in [6.07, 6.45) is 2.23. The number of hydrogen-bond acceptors (Lipinski definition) is 3. The van der Waals surface area contributed by atoms with Crippen LogP contribution in [0.4, 0.5) is 0 Å². The van der Waals surface area contributed by atoms with E-state index in [2.05, 4.69) is 16.2 Å². The predicted molar refractivity (Wildman–Crippen MR) is 57.2 cm³/mol. The molecule has 0 spiro atoms. The van der Waals surface area contributed by atoms with Gasteiger partial charge in [0.2, 0.25) is 11.8 Å². The Labute approximate surface area is 88.6 Å². The molecule has 80 valence electrons. The highest BCUT2D eigenvalue weighted by Gasteiger charge is 2.02. The van der Waals surface area contributed by atoms with E-state index in [1.165, 1.54) is 6.92 Å². The molecule has 0 rings (SSSR count). The number of hydrogen-bond donors (Lipinski definition) is 3. The molecule has 0 atom stereocenters. The van der Waals surface area contributed by atoms with Gasteiger partial charge in [0.25, 0.3) is 0 Å². The van der Waals surface area contributed by atoms with Crippen LogP contribution in [-0.2, 0) is 9.59 Å². The van der Waals surface area contributed by atoms with Gasteiger partial charge in [-0.25, -0.2) is 0 Å². The Hall–Kier alpha value is -1.17. The maximum absolute atomic E-state index is 11.1. The minimum atomic E-state index is -0.268. The minimum absolute atomic E-state index is 0.112. The normalized spacial score (nSPS) is 9.00. The zero-order valence-electron chi connectivity index (χ0n) is 8.35. The predicted octanol–water partition coefficient (Wildman–Crippen LogP) is 0.218. The van der Waals surface area contributed by atoms with E-state index in [0.29, 0.717) is 6.42 Å². The van der Waals surface area contributed by atoms with Gasteiger partial charge in [0.05, 0.1) is 0 Å². The van der Waals surface area contributed by atoms with Gasteiger partial charge in [0.15, 0.2) is 5.11 Å². The molecule has 2 amide bonds. The largest absolute Gasteiger partial charge is 0.302 e. The lowest BCUT2D eigenvalue weighted by Crippen LogP contribution is -2.47. The van der Waals surface area contributed by atoms with E-state index in [0.717, 1.165) is 12.8 Å². The summed E-state index contributed by atoms with van der Waals surface area (Å²) in [5, 5.41) is 2.55. The smallest absolute Gasteiger partial charge is 0.235 e. The van der Waals surface area contributed by atoms with Crippen molar-refractivity contribution in [1.29, 1.82) is 0 Å². The van der Waals surface area contributed by atoms with Gasteiger partial charge in [-0.1, -0.05) is 13.3 Å². The van der Waals surface area contributed by atoms with E-state index in [4.69, 9.17) is 12.2 Å². The molecular weight excluding hydrogens is 202 g/mol. The molecule has 0 saturated heterocycles. The molecule has 0 aromatic rings. The molecule has 14 heavy (non-hydrogen) atoms. The average molecular weight is 217 g/mol. The Kier molecular flexibility index (Phi) is 6.65. The van der Waals surface area contributed by atoms with Crippen molar-refractivity contribution in [3.8, 4) is 0 Å². The first-order valence-electron chi connectivity index (χ1n) is 4.42. The molecule has 5 nitrogen and oxygen atoms in total. The van der Waals surface area contributed by atoms with E-state index < -0.39 is 0 Å². The second kappa shape index (κ2) is 7.25. The Balaban J connectivity index is 3.60. The second-order valence-electron chi connectivity index (χ2n) is 2.79. The van der Waals surface area contributed by atoms with E-state index in [1.54, 1.807) is 0 Å². The Bertz CT molecular complexity index is 231. The third-order valence-electron chi connectivity index (χ3n) is 1.36. The number of amides is 2. The zero-order chi connectivity index (χ0) is 11.0. The van der Waals surface area contributed by atoms with Crippen LogP contribution in [0.5, 0.6) is 0 Å². The number of carbonyl (C=O) groups is 2. The SMILES string of the molecule is CCCCC(=O)NC(=S)NNC(C)=O. The lowest BCUT2D eigenvalue weighted by atomic mass is 10.2. The summed E-state index contributed by atoms with van der Waals surface area (Å²) in [5.41, 5.74) is 4.65. The molecule has 0 aliphatic heterocycles. The van der Waals surface area contributed by atoms with Crippen molar-refractivity contribution in [2.45, 2.75) is 33.1 Å². The molecular formula is C8H15N3O2S. The fourth-order valence-electron chi connectivity index (χ4n) is 0.702. The number of thiocarbonyl (C=S) groups is 1. The highest BCUT2D eigenvalue weighted by Crippen LogP contribution is 1.92. The summed E-state index contributed by atoms with van der Waals surface area (Å²) in [6, 6.07) is 0. The molecule has 0 aromatic heterocycles. The van der Waals surface area contributed by atoms with Crippen LogP contribution in [0.15, 0.2) is 0 Å². The van der Waals surface area contributed by atoms with Gasteiger partial charge in [0, 0.05) is 13.3 Å². The molecule has 0 radical (unpaired) electrons. The third-order valence-corrected chi connectivity index (χ3v) is 1.57. The highest BCUT2D eigenvalue weighted by atomic mass is 32.1. The van der Waals surface area contributed by atoms with Crippen molar-refractivity contribution < 1.29 is 9.59 Å². The summed E-state index contributed by atoms with van der Waals surface area (Å²) in [5.74, 6) is -0.412. The first-order chi connectivity index (χ1) is 6.56. The van der Waals surface area contributed by atoms with Gasteiger partial charge in [-0.3, -0.25) is 20.4 Å². The van der Waals surface area contributed by atoms with E-state index in [-0.39, 0.29) is 16.9 Å². The van der Waals surface area contributed by atoms with Crippen LogP contribution in [-0.4, -0.2) is 16.9 Å². The maximum atomic E-state index is 11.1. The molecule has 0 aliphatic rings. The van der Waals surface area contributed by atoms with E-state index in [9.17, 15) is 9.59 Å². The number of nitrogens with one attached hydrogen (secondary N) is 3. The summed E-state index contributed by atoms with van der Waals surface area (Å²) < 4.78 is 0. The third kappa shape index (κ3) is 7.48. The first kappa shape index (κ1) is 12.8. The van der Waals surface area contributed by atoms with Crippen molar-refractivity contribution in [2.75, 3.05) is 0 Å². The molecule has 0 unspecified atom stereocenters. The zero-order valence-corrected chi connectivity index (χ0v) is 9.16. The quantitative estimate of drug-likeness (QED) is 0.467. The number of carbonyl (C=O) groups excluding carboxylic acids is 2. The van der Waals surface area contributed by atoms with Crippen LogP contribution in [0, 0.1) is 0 Å². The monoisotopic (exact) mass is 217 g/mol. The number of rotatable bonds is 3. The van der Waals surface area contributed by atoms with Gasteiger partial charge in [-0.05, 0) is 18.6 Å². The van der Waals surface area contributed by atoms with Crippen molar-refractivity contribution in [3.05, 3.63) is 0 Å². The molecule has 0 saturated carbocycles. The fraction of sp³-hybridized carbons (Fsp3) is 0.625. The molecule has 0 aromatic carbocycles. The lowest BCUT2D eigenvalue weighted by molar-refractivity contribution is -0.121. The van der Waals surface area contributed by atoms with E-state index >= 15 is 0 Å². The summed E-state index contributed by atoms with van der Waals surface area (Å²) in [6.45, 7) is 3.34. The lowest BCUT2D eigenvalue weighted by Gasteiger charge is -2.08. The maximum Gasteiger partial charge on any atom is 0.235 e. The van der Waals surface area contributed by atoms with Gasteiger partial charge >= 0.3 is 0 Å². The van der Waals surface area contributed by atoms with Crippen LogP contribution >= 0.6 is 12.2 Å². The summed E-state index contributed by atoms with van der Waals surface area (Å²) in [4.78, 5) is 21.6. The Morgan fingerprint density at radius 1 is 1.29 bits per heavy atom. The van der Waals surface area contributed by atoms with Crippen molar-refractivity contribution in [3.63, 3.8) is 0 Å². The van der Waals surface area contributed by atoms with Crippen molar-refractivity contribution >= 4 is 29.1 Å². The molecule has 0 fully saturated rings. The topological polar surface area (TPSA) is 70.2 Å². The van der Waals surface area contributed by atoms with Crippen molar-refractivity contribution in [1.82, 2.24) is 16.2 Å². The van der Waals surface area contributed by atoms with Gasteiger partial charge in [-0.2, -0.15) is 0 Å². The summed E-state index contributed by atoms with van der Waals surface area (Å²) >= 11 is 4.74. The van der Waals surface area contributed by atoms with Gasteiger partial charge in [0.1, 0.15) is 0 Å². The standard InChI is InChI=1S/C8H15N3O2S/c1-3-4-5-7(13)9-8(14)11-10-6(2)12/h3-5H2,1-2H3,(H,10,12)(H2,9,11,13,14). The highest BCUT2D eigenvalue weighted by molar-refractivity contribution is 7.80. The van der Waals surface area contributed by atoms with Gasteiger partial charge in [-0.15, -0.1) is 0 Å². The number of hydrazine groups is 1. The Morgan fingerprint density at radius 3 is 2.43 bits per heavy atom. The van der Waals surface area contributed by atoms with E-state index in [1.807, 2.05) is 6.92 Å². The molecule has 6 heteroatoms. The number of unbranched alkanes of at least 4 members (excludes halogenated alkanes) is 1. The Morgan fingerprint density at radius 2 is 1.93 bits per heavy atom. The van der Waals surface area contributed by atoms with Crippen LogP contribution in [0.25, 0.3) is 0 Å². The fourth-order valence-corrected chi connectivity index (χ4v) is 0.867. The van der Waals surface area contributed by atoms with Crippen LogP contribution in [0.1, 0.15) is 33.1 Å². The van der Waals surface area contributed by atoms with Crippen LogP contribution in [0.3, 0.4) is 0 Å². The first-order valence-corrected chi connectivity index (χ1v) is 4.83. The second-order valence-corrected chi connectivity index (χ2v) is 3.20.